The van der Waals surface area contributed by atoms with Crippen molar-refractivity contribution in [3.05, 3.63) is 0 Å². The average molecular weight is 182 g/mol. The van der Waals surface area contributed by atoms with Crippen LogP contribution in [0.3, 0.4) is 0 Å². The van der Waals surface area contributed by atoms with Crippen molar-refractivity contribution in [2.24, 2.45) is 23.7 Å². The van der Waals surface area contributed by atoms with Crippen LogP contribution in [0.25, 0.3) is 0 Å². The lowest BCUT2D eigenvalue weighted by Gasteiger charge is -2.24. The zero-order chi connectivity index (χ0) is 9.84. The molecule has 0 radical (unpaired) electrons. The molecule has 1 nitrogen and oxygen atoms in total. The van der Waals surface area contributed by atoms with Crippen molar-refractivity contribution in [3.8, 4) is 0 Å². The van der Waals surface area contributed by atoms with E-state index in [1.807, 2.05) is 0 Å². The maximum Gasteiger partial charge on any atom is 0.120 e. The van der Waals surface area contributed by atoms with Crippen LogP contribution in [-0.4, -0.2) is 6.29 Å². The fourth-order valence-electron chi connectivity index (χ4n) is 2.75. The molecule has 1 aliphatic rings. The van der Waals surface area contributed by atoms with Crippen molar-refractivity contribution < 1.29 is 4.79 Å². The molecule has 0 saturated heterocycles. The summed E-state index contributed by atoms with van der Waals surface area (Å²) in [4.78, 5) is 10.3. The molecule has 76 valence electrons. The Morgan fingerprint density at radius 1 is 1.38 bits per heavy atom. The first kappa shape index (κ1) is 10.7. The fourth-order valence-corrected chi connectivity index (χ4v) is 2.75. The van der Waals surface area contributed by atoms with Gasteiger partial charge >= 0.3 is 0 Å². The minimum Gasteiger partial charge on any atom is -0.303 e. The van der Waals surface area contributed by atoms with Crippen LogP contribution < -0.4 is 0 Å². The molecule has 0 aliphatic heterocycles. The van der Waals surface area contributed by atoms with Gasteiger partial charge in [-0.1, -0.05) is 27.2 Å². The summed E-state index contributed by atoms with van der Waals surface area (Å²) in [5.74, 6) is 3.37. The predicted molar refractivity (Wildman–Crippen MR) is 55.5 cm³/mol. The summed E-state index contributed by atoms with van der Waals surface area (Å²) in [6, 6.07) is 0. The zero-order valence-corrected chi connectivity index (χ0v) is 9.12. The molecule has 0 spiro atoms. The number of rotatable bonds is 4. The average Bonchev–Trinajstić information content (AvgIpc) is 2.44. The number of aldehydes is 1. The topological polar surface area (TPSA) is 17.1 Å². The molecule has 0 bridgehead atoms. The molecule has 1 rings (SSSR count). The van der Waals surface area contributed by atoms with Crippen LogP contribution in [0.4, 0.5) is 0 Å². The Kier molecular flexibility index (Phi) is 3.95. The van der Waals surface area contributed by atoms with Gasteiger partial charge in [0.2, 0.25) is 0 Å². The van der Waals surface area contributed by atoms with E-state index in [0.717, 1.165) is 42.8 Å². The second-order valence-corrected chi connectivity index (χ2v) is 4.80. The second kappa shape index (κ2) is 4.78. The molecular weight excluding hydrogens is 160 g/mol. The molecule has 1 heteroatoms. The van der Waals surface area contributed by atoms with Gasteiger partial charge in [-0.05, 0) is 36.5 Å². The smallest absolute Gasteiger partial charge is 0.120 e. The number of hydrogen-bond donors (Lipinski definition) is 0. The molecule has 0 N–H and O–H groups in total. The summed E-state index contributed by atoms with van der Waals surface area (Å²) in [5, 5.41) is 0. The standard InChI is InChI=1S/C12H22O/c1-9-6-7-12(11(9)3)10(2)5-4-8-13/h8-12H,4-7H2,1-3H3. The summed E-state index contributed by atoms with van der Waals surface area (Å²) >= 11 is 0. The highest BCUT2D eigenvalue weighted by atomic mass is 16.1. The Balaban J connectivity index is 2.38. The van der Waals surface area contributed by atoms with Crippen LogP contribution in [0, 0.1) is 23.7 Å². The third kappa shape index (κ3) is 2.55. The van der Waals surface area contributed by atoms with Gasteiger partial charge in [0.15, 0.2) is 0 Å². The Hall–Kier alpha value is -0.330. The van der Waals surface area contributed by atoms with E-state index in [0.29, 0.717) is 0 Å². The van der Waals surface area contributed by atoms with Crippen LogP contribution in [-0.2, 0) is 4.79 Å². The maximum atomic E-state index is 10.3. The molecular formula is C12H22O. The molecule has 1 saturated carbocycles. The van der Waals surface area contributed by atoms with Gasteiger partial charge in [-0.25, -0.2) is 0 Å². The number of carbonyl (C=O) groups is 1. The van der Waals surface area contributed by atoms with Crippen molar-refractivity contribution in [3.63, 3.8) is 0 Å². The van der Waals surface area contributed by atoms with Crippen molar-refractivity contribution in [2.75, 3.05) is 0 Å². The van der Waals surface area contributed by atoms with E-state index in [1.54, 1.807) is 0 Å². The quantitative estimate of drug-likeness (QED) is 0.610. The molecule has 13 heavy (non-hydrogen) atoms. The van der Waals surface area contributed by atoms with Gasteiger partial charge in [-0.2, -0.15) is 0 Å². The second-order valence-electron chi connectivity index (χ2n) is 4.80. The molecule has 4 unspecified atom stereocenters. The van der Waals surface area contributed by atoms with Gasteiger partial charge in [0.05, 0.1) is 0 Å². The summed E-state index contributed by atoms with van der Waals surface area (Å²) < 4.78 is 0. The first-order valence-electron chi connectivity index (χ1n) is 5.60. The Labute approximate surface area is 81.9 Å². The Morgan fingerprint density at radius 2 is 2.08 bits per heavy atom. The SMILES string of the molecule is CC1CCC(C(C)CCC=O)C1C. The highest BCUT2D eigenvalue weighted by Crippen LogP contribution is 2.41. The lowest BCUT2D eigenvalue weighted by atomic mass is 9.81. The third-order valence-corrected chi connectivity index (χ3v) is 4.00. The fraction of sp³-hybridized carbons (Fsp3) is 0.917. The van der Waals surface area contributed by atoms with E-state index >= 15 is 0 Å². The summed E-state index contributed by atoms with van der Waals surface area (Å²) in [6.07, 6.45) is 5.66. The predicted octanol–water partition coefficient (Wildman–Crippen LogP) is 3.28. The van der Waals surface area contributed by atoms with Crippen LogP contribution in [0.1, 0.15) is 46.5 Å². The molecule has 0 aromatic rings. The molecule has 4 atom stereocenters. The molecule has 0 heterocycles. The van der Waals surface area contributed by atoms with E-state index in [1.165, 1.54) is 12.8 Å². The maximum absolute atomic E-state index is 10.3. The summed E-state index contributed by atoms with van der Waals surface area (Å²) in [7, 11) is 0. The summed E-state index contributed by atoms with van der Waals surface area (Å²) in [6.45, 7) is 7.04. The highest BCUT2D eigenvalue weighted by Gasteiger charge is 2.32. The minimum atomic E-state index is 0.741. The third-order valence-electron chi connectivity index (χ3n) is 4.00. The Morgan fingerprint density at radius 3 is 2.54 bits per heavy atom. The van der Waals surface area contributed by atoms with Crippen molar-refractivity contribution in [2.45, 2.75) is 46.5 Å². The first-order valence-corrected chi connectivity index (χ1v) is 5.60. The van der Waals surface area contributed by atoms with Crippen molar-refractivity contribution in [1.82, 2.24) is 0 Å². The molecule has 0 aromatic carbocycles. The van der Waals surface area contributed by atoms with E-state index in [2.05, 4.69) is 20.8 Å². The van der Waals surface area contributed by atoms with Gasteiger partial charge in [0, 0.05) is 6.42 Å². The Bertz CT molecular complexity index is 165. The van der Waals surface area contributed by atoms with Gasteiger partial charge in [0.1, 0.15) is 6.29 Å². The van der Waals surface area contributed by atoms with Crippen LogP contribution >= 0.6 is 0 Å². The molecule has 0 amide bonds. The normalized spacial score (nSPS) is 36.1. The lowest BCUT2D eigenvalue weighted by Crippen LogP contribution is -2.17. The number of hydrogen-bond acceptors (Lipinski definition) is 1. The van der Waals surface area contributed by atoms with Gasteiger partial charge in [-0.3, -0.25) is 0 Å². The number of carbonyl (C=O) groups excluding carboxylic acids is 1. The zero-order valence-electron chi connectivity index (χ0n) is 9.12. The van der Waals surface area contributed by atoms with Crippen LogP contribution in [0.2, 0.25) is 0 Å². The largest absolute Gasteiger partial charge is 0.303 e. The van der Waals surface area contributed by atoms with Gasteiger partial charge in [0.25, 0.3) is 0 Å². The molecule has 0 aromatic heterocycles. The van der Waals surface area contributed by atoms with E-state index in [9.17, 15) is 4.79 Å². The monoisotopic (exact) mass is 182 g/mol. The first-order chi connectivity index (χ1) is 6.16. The van der Waals surface area contributed by atoms with Crippen LogP contribution in [0.5, 0.6) is 0 Å². The van der Waals surface area contributed by atoms with Crippen molar-refractivity contribution >= 4 is 6.29 Å². The van der Waals surface area contributed by atoms with E-state index < -0.39 is 0 Å². The van der Waals surface area contributed by atoms with Gasteiger partial charge in [-0.15, -0.1) is 0 Å². The minimum absolute atomic E-state index is 0.741. The van der Waals surface area contributed by atoms with E-state index in [4.69, 9.17) is 0 Å². The van der Waals surface area contributed by atoms with E-state index in [-0.39, 0.29) is 0 Å². The van der Waals surface area contributed by atoms with Crippen LogP contribution in [0.15, 0.2) is 0 Å². The highest BCUT2D eigenvalue weighted by molar-refractivity contribution is 5.49. The van der Waals surface area contributed by atoms with Gasteiger partial charge < -0.3 is 4.79 Å². The molecule has 1 fully saturated rings. The van der Waals surface area contributed by atoms with Crippen molar-refractivity contribution in [1.29, 1.82) is 0 Å². The lowest BCUT2D eigenvalue weighted by molar-refractivity contribution is -0.108. The summed E-state index contributed by atoms with van der Waals surface area (Å²) in [5.41, 5.74) is 0. The molecule has 1 aliphatic carbocycles.